The van der Waals surface area contributed by atoms with E-state index < -0.39 is 5.82 Å². The number of nitrogens with zero attached hydrogens (tertiary/aromatic N) is 6. The quantitative estimate of drug-likeness (QED) is 0.284. The largest absolute Gasteiger partial charge is 0.336 e. The lowest BCUT2D eigenvalue weighted by Crippen LogP contribution is -2.14. The van der Waals surface area contributed by atoms with Crippen molar-refractivity contribution >= 4 is 33.5 Å². The lowest BCUT2D eigenvalue weighted by Gasteiger charge is -2.09. The molecular weight excluding hydrogens is 485 g/mol. The van der Waals surface area contributed by atoms with Crippen LogP contribution in [0.1, 0.15) is 26.0 Å². The minimum Gasteiger partial charge on any atom is -0.336 e. The second-order valence-electron chi connectivity index (χ2n) is 9.57. The van der Waals surface area contributed by atoms with Crippen molar-refractivity contribution in [3.63, 3.8) is 0 Å². The van der Waals surface area contributed by atoms with Gasteiger partial charge in [-0.3, -0.25) is 19.4 Å². The highest BCUT2D eigenvalue weighted by Gasteiger charge is 2.21. The number of carbonyl (C=O) groups is 1. The third kappa shape index (κ3) is 4.17. The molecular formula is C27H24FN9O. The molecule has 0 unspecified atom stereocenters. The molecule has 0 aliphatic carbocycles. The number of nitrogens with one attached hydrogen (secondary N) is 3. The summed E-state index contributed by atoms with van der Waals surface area (Å²) in [6.45, 7) is 5.84. The Hall–Kier alpha value is -4.93. The Morgan fingerprint density at radius 1 is 1.16 bits per heavy atom. The van der Waals surface area contributed by atoms with E-state index in [2.05, 4.69) is 35.5 Å². The van der Waals surface area contributed by atoms with Gasteiger partial charge in [0, 0.05) is 36.1 Å². The smallest absolute Gasteiger partial charge is 0.224 e. The standard InChI is InChI=1S/C27H24FN9O/c1-14(2)8-21(38)32-17-9-16(10-29-11-17)18-4-5-19-22(23(18)28)25(36-35-19)26-33-20-6-7-30-27(24(20)34-26)37-12-15(3)31-13-37/h4-7,9-14H,8H2,1-3H3,(H,32,38)(H,33,34)(H,35,36). The van der Waals surface area contributed by atoms with E-state index in [1.165, 1.54) is 0 Å². The Kier molecular flexibility index (Phi) is 5.67. The fourth-order valence-corrected chi connectivity index (χ4v) is 4.46. The molecule has 0 saturated carbocycles. The van der Waals surface area contributed by atoms with Crippen molar-refractivity contribution in [1.82, 2.24) is 39.7 Å². The number of halogens is 1. The van der Waals surface area contributed by atoms with E-state index in [-0.39, 0.29) is 11.8 Å². The van der Waals surface area contributed by atoms with Gasteiger partial charge in [-0.1, -0.05) is 13.8 Å². The molecule has 10 nitrogen and oxygen atoms in total. The van der Waals surface area contributed by atoms with Crippen LogP contribution < -0.4 is 5.32 Å². The molecule has 6 aromatic rings. The average molecular weight is 510 g/mol. The number of amides is 1. The van der Waals surface area contributed by atoms with Gasteiger partial charge < -0.3 is 10.3 Å². The Bertz CT molecular complexity index is 1810. The van der Waals surface area contributed by atoms with Crippen LogP contribution in [0.15, 0.2) is 55.4 Å². The summed E-state index contributed by atoms with van der Waals surface area (Å²) >= 11 is 0. The molecule has 0 fully saturated rings. The molecule has 190 valence electrons. The first-order chi connectivity index (χ1) is 18.4. The monoisotopic (exact) mass is 509 g/mol. The highest BCUT2D eigenvalue weighted by Crippen LogP contribution is 2.34. The number of benzene rings is 1. The van der Waals surface area contributed by atoms with Crippen LogP contribution in [0, 0.1) is 18.7 Å². The zero-order valence-electron chi connectivity index (χ0n) is 21.0. The van der Waals surface area contributed by atoms with Crippen LogP contribution in [-0.4, -0.2) is 45.6 Å². The maximum absolute atomic E-state index is 16.1. The van der Waals surface area contributed by atoms with Crippen LogP contribution >= 0.6 is 0 Å². The highest BCUT2D eigenvalue weighted by atomic mass is 19.1. The zero-order chi connectivity index (χ0) is 26.4. The maximum Gasteiger partial charge on any atom is 0.224 e. The minimum absolute atomic E-state index is 0.114. The van der Waals surface area contributed by atoms with Crippen molar-refractivity contribution in [1.29, 1.82) is 0 Å². The van der Waals surface area contributed by atoms with Gasteiger partial charge in [0.25, 0.3) is 0 Å². The molecule has 1 aromatic carbocycles. The first kappa shape index (κ1) is 23.5. The first-order valence-electron chi connectivity index (χ1n) is 12.2. The fraction of sp³-hybridized carbons (Fsp3) is 0.185. The summed E-state index contributed by atoms with van der Waals surface area (Å²) in [5.41, 5.74) is 4.44. The molecule has 5 heterocycles. The summed E-state index contributed by atoms with van der Waals surface area (Å²) in [6.07, 6.45) is 8.71. The van der Waals surface area contributed by atoms with Gasteiger partial charge in [-0.05, 0) is 37.1 Å². The number of rotatable bonds is 6. The number of imidazole rings is 2. The van der Waals surface area contributed by atoms with Gasteiger partial charge >= 0.3 is 0 Å². The number of hydrogen-bond acceptors (Lipinski definition) is 6. The molecule has 0 spiro atoms. The Morgan fingerprint density at radius 3 is 2.82 bits per heavy atom. The van der Waals surface area contributed by atoms with Crippen molar-refractivity contribution in [2.45, 2.75) is 27.2 Å². The van der Waals surface area contributed by atoms with Crippen LogP contribution in [0.4, 0.5) is 10.1 Å². The summed E-state index contributed by atoms with van der Waals surface area (Å²) in [5, 5.41) is 10.4. The van der Waals surface area contributed by atoms with Gasteiger partial charge in [-0.25, -0.2) is 19.3 Å². The summed E-state index contributed by atoms with van der Waals surface area (Å²) in [7, 11) is 0. The summed E-state index contributed by atoms with van der Waals surface area (Å²) < 4.78 is 17.9. The van der Waals surface area contributed by atoms with Crippen molar-refractivity contribution < 1.29 is 9.18 Å². The molecule has 11 heteroatoms. The number of aromatic nitrogens is 8. The second kappa shape index (κ2) is 9.18. The number of fused-ring (bicyclic) bond motifs is 2. The van der Waals surface area contributed by atoms with E-state index in [0.717, 1.165) is 11.2 Å². The van der Waals surface area contributed by atoms with Crippen molar-refractivity contribution in [3.05, 3.63) is 66.9 Å². The molecule has 0 bridgehead atoms. The normalized spacial score (nSPS) is 11.6. The molecule has 3 N–H and O–H groups in total. The molecule has 6 rings (SSSR count). The predicted molar refractivity (Wildman–Crippen MR) is 142 cm³/mol. The van der Waals surface area contributed by atoms with Crippen LogP contribution in [0.2, 0.25) is 0 Å². The predicted octanol–water partition coefficient (Wildman–Crippen LogP) is 5.18. The number of pyridine rings is 2. The van der Waals surface area contributed by atoms with Crippen LogP contribution in [0.5, 0.6) is 0 Å². The maximum atomic E-state index is 16.1. The van der Waals surface area contributed by atoms with E-state index in [0.29, 0.717) is 57.0 Å². The molecule has 0 aliphatic heterocycles. The van der Waals surface area contributed by atoms with Gasteiger partial charge in [0.15, 0.2) is 11.6 Å². The lowest BCUT2D eigenvalue weighted by atomic mass is 10.0. The third-order valence-corrected chi connectivity index (χ3v) is 6.16. The fourth-order valence-electron chi connectivity index (χ4n) is 4.46. The van der Waals surface area contributed by atoms with E-state index in [1.807, 2.05) is 27.0 Å². The molecule has 38 heavy (non-hydrogen) atoms. The summed E-state index contributed by atoms with van der Waals surface area (Å²) in [4.78, 5) is 33.1. The van der Waals surface area contributed by atoms with E-state index in [9.17, 15) is 4.79 Å². The minimum atomic E-state index is -0.470. The van der Waals surface area contributed by atoms with E-state index >= 15 is 4.39 Å². The SMILES string of the molecule is Cc1cn(-c2nccc3[nH]c(-c4n[nH]c5ccc(-c6cncc(NC(=O)CC(C)C)c6)c(F)c45)nc23)cn1. The van der Waals surface area contributed by atoms with Crippen LogP contribution in [0.25, 0.3) is 50.4 Å². The van der Waals surface area contributed by atoms with Gasteiger partial charge in [0.1, 0.15) is 23.4 Å². The second-order valence-corrected chi connectivity index (χ2v) is 9.57. The zero-order valence-corrected chi connectivity index (χ0v) is 21.0. The molecule has 1 amide bonds. The summed E-state index contributed by atoms with van der Waals surface area (Å²) in [5.74, 6) is 0.647. The molecule has 0 saturated heterocycles. The highest BCUT2D eigenvalue weighted by molar-refractivity contribution is 5.97. The van der Waals surface area contributed by atoms with Crippen molar-refractivity contribution in [2.75, 3.05) is 5.32 Å². The van der Waals surface area contributed by atoms with Crippen LogP contribution in [0.3, 0.4) is 0 Å². The van der Waals surface area contributed by atoms with Crippen molar-refractivity contribution in [3.8, 4) is 28.5 Å². The number of carbonyl (C=O) groups excluding carboxylic acids is 1. The average Bonchev–Trinajstić information content (AvgIpc) is 3.61. The lowest BCUT2D eigenvalue weighted by molar-refractivity contribution is -0.116. The van der Waals surface area contributed by atoms with E-state index in [4.69, 9.17) is 4.98 Å². The third-order valence-electron chi connectivity index (χ3n) is 6.16. The topological polar surface area (TPSA) is 130 Å². The van der Waals surface area contributed by atoms with Gasteiger partial charge in [0.05, 0.1) is 34.0 Å². The number of aryl methyl sites for hydroxylation is 1. The van der Waals surface area contributed by atoms with Crippen LogP contribution in [-0.2, 0) is 4.79 Å². The number of anilines is 1. The number of hydrogen-bond donors (Lipinski definition) is 3. The van der Waals surface area contributed by atoms with Gasteiger partial charge in [-0.15, -0.1) is 0 Å². The first-order valence-corrected chi connectivity index (χ1v) is 12.2. The Balaban J connectivity index is 1.42. The molecule has 0 aliphatic rings. The summed E-state index contributed by atoms with van der Waals surface area (Å²) in [6, 6.07) is 6.94. The van der Waals surface area contributed by atoms with Gasteiger partial charge in [0.2, 0.25) is 5.91 Å². The Labute approximate surface area is 216 Å². The molecule has 5 aromatic heterocycles. The number of aromatic amines is 2. The van der Waals surface area contributed by atoms with E-state index in [1.54, 1.807) is 53.8 Å². The molecule has 0 atom stereocenters. The van der Waals surface area contributed by atoms with Gasteiger partial charge in [-0.2, -0.15) is 5.10 Å². The Morgan fingerprint density at radius 2 is 2.03 bits per heavy atom. The molecule has 0 radical (unpaired) electrons. The van der Waals surface area contributed by atoms with Crippen molar-refractivity contribution in [2.24, 2.45) is 5.92 Å². The number of H-pyrrole nitrogens is 2.